The molecule has 0 bridgehead atoms. The fourth-order valence-corrected chi connectivity index (χ4v) is 7.23. The molecule has 0 heterocycles. The Bertz CT molecular complexity index is 762. The van der Waals surface area contributed by atoms with Gasteiger partial charge in [0.1, 0.15) is 6.29 Å². The standard InChI is InChI=1S/C40H80N4O3.C8H18O/c1-4-7-10-13-16-19-24-30-42(31-25-20-17-14-11-8-5-2)35-36-43(32-26-21-18-15-12-9-6-3)38-40(47)44(34-29-41-39-46)33-27-22-23-28-37-45;1-3-4-5-6-7-8-9-2/h37,39H,4-36,38H2,1-3H3,(H,41,46);3-8H2,1-2H3. The summed E-state index contributed by atoms with van der Waals surface area (Å²) in [5, 5.41) is 2.74. The lowest BCUT2D eigenvalue weighted by atomic mass is 10.1. The first kappa shape index (κ1) is 56.6. The van der Waals surface area contributed by atoms with Gasteiger partial charge in [-0.25, -0.2) is 0 Å². The van der Waals surface area contributed by atoms with Gasteiger partial charge in [-0.3, -0.25) is 14.5 Å². The topological polar surface area (TPSA) is 82.2 Å². The summed E-state index contributed by atoms with van der Waals surface area (Å²) in [6.45, 7) is 17.5. The Morgan fingerprint density at radius 3 is 1.30 bits per heavy atom. The Morgan fingerprint density at radius 2 is 0.857 bits per heavy atom. The lowest BCUT2D eigenvalue weighted by Crippen LogP contribution is -2.45. The molecule has 0 fully saturated rings. The van der Waals surface area contributed by atoms with Crippen LogP contribution in [0.5, 0.6) is 0 Å². The zero-order valence-electron chi connectivity index (χ0n) is 38.4. The molecule has 8 heteroatoms. The Morgan fingerprint density at radius 1 is 0.464 bits per heavy atom. The predicted octanol–water partition coefficient (Wildman–Crippen LogP) is 11.8. The second-order valence-electron chi connectivity index (χ2n) is 16.4. The molecule has 1 N–H and O–H groups in total. The molecule has 0 saturated heterocycles. The van der Waals surface area contributed by atoms with Gasteiger partial charge in [-0.15, -0.1) is 0 Å². The van der Waals surface area contributed by atoms with Crippen LogP contribution in [0.4, 0.5) is 0 Å². The van der Waals surface area contributed by atoms with E-state index in [1.54, 1.807) is 7.11 Å². The van der Waals surface area contributed by atoms with Crippen LogP contribution in [0.25, 0.3) is 0 Å². The third-order valence-electron chi connectivity index (χ3n) is 11.0. The van der Waals surface area contributed by atoms with Crippen LogP contribution in [0, 0.1) is 0 Å². The lowest BCUT2D eigenvalue weighted by molar-refractivity contribution is -0.132. The van der Waals surface area contributed by atoms with Gasteiger partial charge >= 0.3 is 0 Å². The minimum Gasteiger partial charge on any atom is -0.385 e. The number of carbonyl (C=O) groups excluding carboxylic acids is 3. The van der Waals surface area contributed by atoms with E-state index >= 15 is 0 Å². The second-order valence-corrected chi connectivity index (χ2v) is 16.4. The molecular weight excluding hydrogens is 697 g/mol. The molecule has 56 heavy (non-hydrogen) atoms. The first-order valence-corrected chi connectivity index (χ1v) is 24.4. The maximum Gasteiger partial charge on any atom is 0.236 e. The molecule has 0 saturated carbocycles. The number of ether oxygens (including phenoxy) is 1. The van der Waals surface area contributed by atoms with Gasteiger partial charge in [0.2, 0.25) is 12.3 Å². The highest BCUT2D eigenvalue weighted by molar-refractivity contribution is 5.78. The van der Waals surface area contributed by atoms with E-state index < -0.39 is 0 Å². The van der Waals surface area contributed by atoms with Crippen LogP contribution in [0.3, 0.4) is 0 Å². The van der Waals surface area contributed by atoms with Crippen LogP contribution in [-0.2, 0) is 19.1 Å². The Balaban J connectivity index is 0. The van der Waals surface area contributed by atoms with Crippen LogP contribution in [-0.4, -0.2) is 106 Å². The molecule has 0 rings (SSSR count). The van der Waals surface area contributed by atoms with E-state index in [2.05, 4.69) is 42.8 Å². The molecule has 0 unspecified atom stereocenters. The molecule has 0 spiro atoms. The number of rotatable bonds is 45. The lowest BCUT2D eigenvalue weighted by Gasteiger charge is -2.30. The van der Waals surface area contributed by atoms with Crippen molar-refractivity contribution in [1.29, 1.82) is 0 Å². The van der Waals surface area contributed by atoms with Crippen molar-refractivity contribution in [2.75, 3.05) is 72.6 Å². The van der Waals surface area contributed by atoms with Gasteiger partial charge in [-0.1, -0.05) is 175 Å². The average molecular weight is 795 g/mol. The zero-order valence-corrected chi connectivity index (χ0v) is 38.4. The summed E-state index contributed by atoms with van der Waals surface area (Å²) in [5.74, 6) is 0.168. The van der Waals surface area contributed by atoms with E-state index in [0.29, 0.717) is 39.0 Å². The van der Waals surface area contributed by atoms with Crippen LogP contribution < -0.4 is 5.32 Å². The first-order valence-electron chi connectivity index (χ1n) is 24.4. The van der Waals surface area contributed by atoms with Gasteiger partial charge in [0, 0.05) is 52.9 Å². The summed E-state index contributed by atoms with van der Waals surface area (Å²) >= 11 is 0. The van der Waals surface area contributed by atoms with Crippen molar-refractivity contribution in [3.05, 3.63) is 0 Å². The quantitative estimate of drug-likeness (QED) is 0.0488. The van der Waals surface area contributed by atoms with Gasteiger partial charge in [-0.2, -0.15) is 0 Å². The largest absolute Gasteiger partial charge is 0.385 e. The number of amides is 2. The fraction of sp³-hybridized carbons (Fsp3) is 0.938. The highest BCUT2D eigenvalue weighted by atomic mass is 16.5. The normalized spacial score (nSPS) is 11.2. The molecule has 0 aromatic heterocycles. The molecular formula is C48H98N4O4. The zero-order chi connectivity index (χ0) is 41.4. The van der Waals surface area contributed by atoms with Crippen molar-refractivity contribution in [2.45, 2.75) is 220 Å². The van der Waals surface area contributed by atoms with E-state index in [-0.39, 0.29) is 5.91 Å². The van der Waals surface area contributed by atoms with Gasteiger partial charge in [0.15, 0.2) is 0 Å². The molecule has 334 valence electrons. The van der Waals surface area contributed by atoms with Gasteiger partial charge < -0.3 is 24.6 Å². The molecule has 0 aliphatic rings. The number of nitrogens with one attached hydrogen (secondary N) is 1. The molecule has 8 nitrogen and oxygen atoms in total. The minimum atomic E-state index is 0.168. The smallest absolute Gasteiger partial charge is 0.236 e. The maximum absolute atomic E-state index is 13.7. The third kappa shape index (κ3) is 43.6. The summed E-state index contributed by atoms with van der Waals surface area (Å²) in [6.07, 6.45) is 39.3. The Labute approximate surface area is 349 Å². The Hall–Kier alpha value is -1.51. The summed E-state index contributed by atoms with van der Waals surface area (Å²) in [4.78, 5) is 42.3. The highest BCUT2D eigenvalue weighted by Crippen LogP contribution is 2.12. The van der Waals surface area contributed by atoms with Crippen molar-refractivity contribution < 1.29 is 19.1 Å². The van der Waals surface area contributed by atoms with Gasteiger partial charge in [0.25, 0.3) is 0 Å². The van der Waals surface area contributed by atoms with E-state index in [1.807, 2.05) is 4.90 Å². The average Bonchev–Trinajstić information content (AvgIpc) is 3.20. The number of hydrogen-bond donors (Lipinski definition) is 1. The van der Waals surface area contributed by atoms with Crippen molar-refractivity contribution in [3.8, 4) is 0 Å². The van der Waals surface area contributed by atoms with Crippen molar-refractivity contribution >= 4 is 18.6 Å². The molecule has 0 radical (unpaired) electrons. The molecule has 2 amide bonds. The summed E-state index contributed by atoms with van der Waals surface area (Å²) in [5.41, 5.74) is 0. The third-order valence-corrected chi connectivity index (χ3v) is 11.0. The summed E-state index contributed by atoms with van der Waals surface area (Å²) in [7, 11) is 1.76. The maximum atomic E-state index is 13.7. The van der Waals surface area contributed by atoms with E-state index in [0.717, 1.165) is 58.2 Å². The van der Waals surface area contributed by atoms with Crippen LogP contribution in [0.2, 0.25) is 0 Å². The molecule has 0 aromatic rings. The fourth-order valence-electron chi connectivity index (χ4n) is 7.23. The SMILES string of the molecule is CCCCCCCCCN(CCCCCCCCC)CCN(CCCCCCCCC)CC(=O)N(CCCCCC=O)CCNC=O.CCCCCCCOC. The van der Waals surface area contributed by atoms with E-state index in [9.17, 15) is 14.4 Å². The second kappa shape index (κ2) is 49.6. The van der Waals surface area contributed by atoms with Crippen LogP contribution in [0.15, 0.2) is 0 Å². The number of hydrogen-bond acceptors (Lipinski definition) is 6. The predicted molar refractivity (Wildman–Crippen MR) is 243 cm³/mol. The summed E-state index contributed by atoms with van der Waals surface area (Å²) in [6, 6.07) is 0. The molecule has 0 atom stereocenters. The molecule has 0 aliphatic carbocycles. The number of unbranched alkanes of at least 4 members (excludes halogenated alkanes) is 25. The summed E-state index contributed by atoms with van der Waals surface area (Å²) < 4.78 is 4.92. The van der Waals surface area contributed by atoms with Gasteiger partial charge in [-0.05, 0) is 58.2 Å². The molecule has 0 aliphatic heterocycles. The molecule has 0 aromatic carbocycles. The number of carbonyl (C=O) groups is 3. The number of nitrogens with zero attached hydrogens (tertiary/aromatic N) is 3. The van der Waals surface area contributed by atoms with E-state index in [1.165, 1.54) is 174 Å². The van der Waals surface area contributed by atoms with Crippen LogP contribution in [0.1, 0.15) is 220 Å². The minimum absolute atomic E-state index is 0.168. The van der Waals surface area contributed by atoms with Gasteiger partial charge in [0.05, 0.1) is 6.54 Å². The first-order chi connectivity index (χ1) is 27.5. The van der Waals surface area contributed by atoms with Crippen molar-refractivity contribution in [3.63, 3.8) is 0 Å². The van der Waals surface area contributed by atoms with Crippen molar-refractivity contribution in [2.24, 2.45) is 0 Å². The Kier molecular flexibility index (Phi) is 50.2. The van der Waals surface area contributed by atoms with E-state index in [4.69, 9.17) is 4.74 Å². The number of methoxy groups -OCH3 is 1. The number of aldehydes is 1. The van der Waals surface area contributed by atoms with Crippen LogP contribution >= 0.6 is 0 Å². The monoisotopic (exact) mass is 795 g/mol. The van der Waals surface area contributed by atoms with Crippen molar-refractivity contribution in [1.82, 2.24) is 20.0 Å². The highest BCUT2D eigenvalue weighted by Gasteiger charge is 2.18.